The van der Waals surface area contributed by atoms with Gasteiger partial charge in [-0.1, -0.05) is 0 Å². The molecular weight excluding hydrogens is 408 g/mol. The van der Waals surface area contributed by atoms with Gasteiger partial charge in [0.1, 0.15) is 11.2 Å². The fourth-order valence-corrected chi connectivity index (χ4v) is 5.57. The minimum absolute atomic E-state index is 0.273. The molecule has 8 nitrogen and oxygen atoms in total. The fraction of sp³-hybridized carbons (Fsp3) is 0.917. The molecule has 0 unspecified atom stereocenters. The molecular formula is C24H44N4O4. The van der Waals surface area contributed by atoms with E-state index in [1.54, 1.807) is 0 Å². The molecule has 2 aliphatic heterocycles. The Morgan fingerprint density at radius 1 is 0.656 bits per heavy atom. The van der Waals surface area contributed by atoms with Gasteiger partial charge in [0, 0.05) is 25.2 Å². The summed E-state index contributed by atoms with van der Waals surface area (Å²) in [6.07, 6.45) is 4.08. The number of rotatable bonds is 2. The predicted molar refractivity (Wildman–Crippen MR) is 124 cm³/mol. The number of ether oxygens (including phenoxy) is 2. The van der Waals surface area contributed by atoms with Gasteiger partial charge in [-0.3, -0.25) is 0 Å². The van der Waals surface area contributed by atoms with Gasteiger partial charge in [-0.2, -0.15) is 0 Å². The third kappa shape index (κ3) is 7.24. The molecule has 32 heavy (non-hydrogen) atoms. The number of hydrogen-bond donors (Lipinski definition) is 4. The van der Waals surface area contributed by atoms with Crippen LogP contribution in [0, 0.1) is 23.7 Å². The summed E-state index contributed by atoms with van der Waals surface area (Å²) >= 11 is 0. The van der Waals surface area contributed by atoms with E-state index < -0.39 is 11.2 Å². The van der Waals surface area contributed by atoms with E-state index in [4.69, 9.17) is 9.47 Å². The van der Waals surface area contributed by atoms with Gasteiger partial charge in [-0.05, 0) is 104 Å². The second-order valence-corrected chi connectivity index (χ2v) is 11.8. The molecule has 4 rings (SSSR count). The summed E-state index contributed by atoms with van der Waals surface area (Å²) in [5, 5.41) is 12.8. The van der Waals surface area contributed by atoms with Crippen LogP contribution in [-0.2, 0) is 9.47 Å². The zero-order valence-electron chi connectivity index (χ0n) is 20.8. The van der Waals surface area contributed by atoms with Crippen LogP contribution in [-0.4, -0.2) is 61.7 Å². The van der Waals surface area contributed by atoms with Crippen molar-refractivity contribution in [3.8, 4) is 0 Å². The van der Waals surface area contributed by atoms with Crippen molar-refractivity contribution < 1.29 is 19.1 Å². The Hall–Kier alpha value is -1.54. The van der Waals surface area contributed by atoms with E-state index in [1.807, 2.05) is 41.5 Å². The fourth-order valence-electron chi connectivity index (χ4n) is 5.57. The lowest BCUT2D eigenvalue weighted by Crippen LogP contribution is -2.42. The molecule has 0 bridgehead atoms. The van der Waals surface area contributed by atoms with E-state index in [1.165, 1.54) is 12.8 Å². The van der Waals surface area contributed by atoms with Crippen molar-refractivity contribution in [3.05, 3.63) is 0 Å². The van der Waals surface area contributed by atoms with Crippen molar-refractivity contribution in [2.45, 2.75) is 90.5 Å². The predicted octanol–water partition coefficient (Wildman–Crippen LogP) is 3.02. The molecule has 2 heterocycles. The van der Waals surface area contributed by atoms with Crippen molar-refractivity contribution in [3.63, 3.8) is 0 Å². The largest absolute Gasteiger partial charge is 0.444 e. The molecule has 4 N–H and O–H groups in total. The van der Waals surface area contributed by atoms with Crippen LogP contribution in [0.4, 0.5) is 9.59 Å². The van der Waals surface area contributed by atoms with Gasteiger partial charge in [0.15, 0.2) is 0 Å². The number of carbonyl (C=O) groups excluding carboxylic acids is 2. The van der Waals surface area contributed by atoms with Crippen molar-refractivity contribution in [1.29, 1.82) is 0 Å². The van der Waals surface area contributed by atoms with Crippen LogP contribution in [0.15, 0.2) is 0 Å². The lowest BCUT2D eigenvalue weighted by atomic mass is 9.98. The van der Waals surface area contributed by atoms with E-state index in [0.717, 1.165) is 50.9 Å². The molecule has 0 aromatic rings. The standard InChI is InChI=1S/2C12H22N2O2/c2*1-12(2,3)16-11(15)14-10-5-4-8-6-13-7-9(8)10/h2*8-10,13H,4-7H2,1-3H3,(H,14,15)/t2*8-,9+,10-/m10/s1. The van der Waals surface area contributed by atoms with E-state index in [-0.39, 0.29) is 12.2 Å². The number of hydrogen-bond acceptors (Lipinski definition) is 6. The van der Waals surface area contributed by atoms with Gasteiger partial charge in [-0.25, -0.2) is 9.59 Å². The first-order chi connectivity index (χ1) is 14.9. The van der Waals surface area contributed by atoms with Crippen molar-refractivity contribution in [2.75, 3.05) is 26.2 Å². The summed E-state index contributed by atoms with van der Waals surface area (Å²) in [6.45, 7) is 15.6. The van der Waals surface area contributed by atoms with E-state index >= 15 is 0 Å². The summed E-state index contributed by atoms with van der Waals surface area (Å²) in [7, 11) is 0. The van der Waals surface area contributed by atoms with Gasteiger partial charge in [0.25, 0.3) is 0 Å². The molecule has 2 saturated carbocycles. The summed E-state index contributed by atoms with van der Waals surface area (Å²) in [5.41, 5.74) is -0.813. The van der Waals surface area contributed by atoms with Crippen LogP contribution < -0.4 is 21.3 Å². The van der Waals surface area contributed by atoms with Crippen molar-refractivity contribution >= 4 is 12.2 Å². The smallest absolute Gasteiger partial charge is 0.407 e. The van der Waals surface area contributed by atoms with E-state index in [2.05, 4.69) is 21.3 Å². The number of carbonyl (C=O) groups is 2. The van der Waals surface area contributed by atoms with Crippen LogP contribution in [0.25, 0.3) is 0 Å². The van der Waals surface area contributed by atoms with E-state index in [9.17, 15) is 9.59 Å². The highest BCUT2D eigenvalue weighted by Crippen LogP contribution is 2.35. The second-order valence-electron chi connectivity index (χ2n) is 11.8. The minimum Gasteiger partial charge on any atom is -0.444 e. The Kier molecular flexibility index (Phi) is 7.97. The first kappa shape index (κ1) is 25.1. The first-order valence-corrected chi connectivity index (χ1v) is 12.3. The van der Waals surface area contributed by atoms with Gasteiger partial charge in [-0.15, -0.1) is 0 Å². The highest BCUT2D eigenvalue weighted by molar-refractivity contribution is 5.68. The van der Waals surface area contributed by atoms with Gasteiger partial charge in [0.2, 0.25) is 0 Å². The average molecular weight is 453 g/mol. The lowest BCUT2D eigenvalue weighted by molar-refractivity contribution is 0.0481. The third-order valence-electron chi connectivity index (χ3n) is 6.92. The van der Waals surface area contributed by atoms with Crippen LogP contribution in [0.5, 0.6) is 0 Å². The molecule has 0 radical (unpaired) electrons. The maximum absolute atomic E-state index is 11.6. The first-order valence-electron chi connectivity index (χ1n) is 12.3. The minimum atomic E-state index is -0.407. The maximum atomic E-state index is 11.6. The Balaban J connectivity index is 0.000000181. The van der Waals surface area contributed by atoms with Crippen LogP contribution in [0.1, 0.15) is 67.2 Å². The van der Waals surface area contributed by atoms with Crippen LogP contribution >= 0.6 is 0 Å². The molecule has 2 saturated heterocycles. The number of alkyl carbamates (subject to hydrolysis) is 2. The molecule has 2 aliphatic carbocycles. The third-order valence-corrected chi connectivity index (χ3v) is 6.92. The Morgan fingerprint density at radius 2 is 1.03 bits per heavy atom. The second kappa shape index (κ2) is 10.2. The zero-order chi connectivity index (χ0) is 23.5. The Morgan fingerprint density at radius 3 is 1.38 bits per heavy atom. The number of fused-ring (bicyclic) bond motifs is 2. The summed E-state index contributed by atoms with van der Waals surface area (Å²) in [5.74, 6) is 2.71. The zero-order valence-corrected chi connectivity index (χ0v) is 20.8. The Bertz CT molecular complexity index is 601. The highest BCUT2D eigenvalue weighted by atomic mass is 16.6. The lowest BCUT2D eigenvalue weighted by Gasteiger charge is -2.24. The molecule has 2 amide bonds. The molecule has 8 heteroatoms. The molecule has 0 spiro atoms. The highest BCUT2D eigenvalue weighted by Gasteiger charge is 2.41. The van der Waals surface area contributed by atoms with Crippen LogP contribution in [0.3, 0.4) is 0 Å². The molecule has 6 atom stereocenters. The topological polar surface area (TPSA) is 101 Å². The molecule has 0 aromatic heterocycles. The van der Waals surface area contributed by atoms with Gasteiger partial charge in [0.05, 0.1) is 0 Å². The molecule has 4 aliphatic rings. The van der Waals surface area contributed by atoms with Crippen molar-refractivity contribution in [1.82, 2.24) is 21.3 Å². The average Bonchev–Trinajstić information content (AvgIpc) is 3.37. The van der Waals surface area contributed by atoms with Gasteiger partial charge < -0.3 is 30.7 Å². The van der Waals surface area contributed by atoms with Crippen LogP contribution in [0.2, 0.25) is 0 Å². The molecule has 0 aromatic carbocycles. The summed E-state index contributed by atoms with van der Waals surface area (Å²) in [4.78, 5) is 23.3. The summed E-state index contributed by atoms with van der Waals surface area (Å²) < 4.78 is 10.6. The number of nitrogens with one attached hydrogen (secondary N) is 4. The number of amides is 2. The molecule has 184 valence electrons. The van der Waals surface area contributed by atoms with Gasteiger partial charge >= 0.3 is 12.2 Å². The SMILES string of the molecule is CC(C)(C)OC(=O)N[C@@H]1CC[C@@H]2CNC[C@@H]21.CC(C)(C)OC(=O)N[C@H]1CC[C@H]2CNC[C@H]21. The van der Waals surface area contributed by atoms with E-state index in [0.29, 0.717) is 23.9 Å². The van der Waals surface area contributed by atoms with Crippen molar-refractivity contribution in [2.24, 2.45) is 23.7 Å². The quantitative estimate of drug-likeness (QED) is 0.514. The monoisotopic (exact) mass is 452 g/mol. The molecule has 4 fully saturated rings. The maximum Gasteiger partial charge on any atom is 0.407 e. The summed E-state index contributed by atoms with van der Waals surface area (Å²) in [6, 6.07) is 0.602. The Labute approximate surface area is 193 Å². The normalized spacial score (nSPS) is 33.6.